The fraction of sp³-hybridized carbons (Fsp3) is 1.00. The highest BCUT2D eigenvalue weighted by Gasteiger charge is 2.32. The second kappa shape index (κ2) is 6.21. The monoisotopic (exact) mass is 277 g/mol. The molecule has 1 heterocycles. The van der Waals surface area contributed by atoms with Gasteiger partial charge in [0.25, 0.3) is 0 Å². The van der Waals surface area contributed by atoms with Crippen molar-refractivity contribution >= 4 is 15.9 Å². The predicted octanol–water partition coefficient (Wildman–Crippen LogP) is 3.05. The van der Waals surface area contributed by atoms with Crippen LogP contribution in [0.1, 0.15) is 40.0 Å². The summed E-state index contributed by atoms with van der Waals surface area (Å²) in [4.78, 5) is 2.50. The maximum Gasteiger partial charge on any atom is 0.0710 e. The zero-order valence-corrected chi connectivity index (χ0v) is 11.8. The smallest absolute Gasteiger partial charge is 0.0710 e. The van der Waals surface area contributed by atoms with Crippen molar-refractivity contribution in [2.75, 3.05) is 25.0 Å². The summed E-state index contributed by atoms with van der Waals surface area (Å²) < 4.78 is 6.01. The van der Waals surface area contributed by atoms with Crippen molar-refractivity contribution in [2.24, 2.45) is 0 Å². The first-order valence-corrected chi connectivity index (χ1v) is 7.15. The highest BCUT2D eigenvalue weighted by atomic mass is 79.9. The van der Waals surface area contributed by atoms with Crippen LogP contribution in [0.25, 0.3) is 0 Å². The third-order valence-electron chi connectivity index (χ3n) is 2.96. The van der Waals surface area contributed by atoms with Crippen LogP contribution >= 0.6 is 15.9 Å². The van der Waals surface area contributed by atoms with E-state index in [1.165, 1.54) is 25.8 Å². The van der Waals surface area contributed by atoms with E-state index in [0.717, 1.165) is 18.4 Å². The molecule has 2 nitrogen and oxygen atoms in total. The highest BCUT2D eigenvalue weighted by Crippen LogP contribution is 2.29. The standard InChI is InChI=1S/C12H24BrNO/c1-4-8-14(9-7-13)10-11-5-6-12(2,3)15-11/h11H,4-10H2,1-3H3. The first kappa shape index (κ1) is 13.5. The number of hydrogen-bond acceptors (Lipinski definition) is 2. The Morgan fingerprint density at radius 3 is 2.60 bits per heavy atom. The first-order valence-electron chi connectivity index (χ1n) is 6.03. The Hall–Kier alpha value is 0.400. The van der Waals surface area contributed by atoms with Gasteiger partial charge in [-0.3, -0.25) is 4.90 Å². The zero-order chi connectivity index (χ0) is 11.3. The summed E-state index contributed by atoms with van der Waals surface area (Å²) in [5.74, 6) is 0. The van der Waals surface area contributed by atoms with E-state index in [-0.39, 0.29) is 5.60 Å². The Bertz CT molecular complexity index is 178. The van der Waals surface area contributed by atoms with Crippen LogP contribution in [0.2, 0.25) is 0 Å². The maximum absolute atomic E-state index is 6.01. The molecule has 3 heteroatoms. The van der Waals surface area contributed by atoms with Crippen molar-refractivity contribution in [1.29, 1.82) is 0 Å². The molecule has 1 aliphatic rings. The van der Waals surface area contributed by atoms with Crippen molar-refractivity contribution in [3.8, 4) is 0 Å². The summed E-state index contributed by atoms with van der Waals surface area (Å²) in [5.41, 5.74) is 0.108. The molecular weight excluding hydrogens is 254 g/mol. The van der Waals surface area contributed by atoms with Gasteiger partial charge in [0, 0.05) is 18.4 Å². The first-order chi connectivity index (χ1) is 7.07. The number of hydrogen-bond donors (Lipinski definition) is 0. The van der Waals surface area contributed by atoms with Gasteiger partial charge < -0.3 is 4.74 Å². The minimum Gasteiger partial charge on any atom is -0.371 e. The fourth-order valence-corrected chi connectivity index (χ4v) is 2.73. The lowest BCUT2D eigenvalue weighted by atomic mass is 10.1. The summed E-state index contributed by atoms with van der Waals surface area (Å²) in [6.45, 7) is 10.0. The lowest BCUT2D eigenvalue weighted by molar-refractivity contribution is -0.0279. The Morgan fingerprint density at radius 1 is 1.40 bits per heavy atom. The van der Waals surface area contributed by atoms with Crippen LogP contribution < -0.4 is 0 Å². The summed E-state index contributed by atoms with van der Waals surface area (Å²) in [7, 11) is 0. The van der Waals surface area contributed by atoms with Crippen molar-refractivity contribution in [2.45, 2.75) is 51.7 Å². The minimum atomic E-state index is 0.108. The summed E-state index contributed by atoms with van der Waals surface area (Å²) >= 11 is 3.51. The normalized spacial score (nSPS) is 25.0. The quantitative estimate of drug-likeness (QED) is 0.692. The molecule has 1 atom stereocenters. The SMILES string of the molecule is CCCN(CCBr)CC1CCC(C)(C)O1. The fourth-order valence-electron chi connectivity index (χ4n) is 2.22. The van der Waals surface area contributed by atoms with Gasteiger partial charge in [0.05, 0.1) is 11.7 Å². The van der Waals surface area contributed by atoms with Crippen LogP contribution in [0.15, 0.2) is 0 Å². The average Bonchev–Trinajstić information content (AvgIpc) is 2.46. The molecule has 0 saturated carbocycles. The molecule has 1 rings (SSSR count). The molecule has 0 radical (unpaired) electrons. The molecule has 1 aliphatic heterocycles. The van der Waals surface area contributed by atoms with Crippen molar-refractivity contribution in [1.82, 2.24) is 4.90 Å². The molecule has 0 aromatic rings. The van der Waals surface area contributed by atoms with Crippen LogP contribution in [0, 0.1) is 0 Å². The highest BCUT2D eigenvalue weighted by molar-refractivity contribution is 9.09. The molecule has 0 amide bonds. The van der Waals surface area contributed by atoms with E-state index in [1.54, 1.807) is 0 Å². The summed E-state index contributed by atoms with van der Waals surface area (Å²) in [5, 5.41) is 1.06. The molecule has 1 saturated heterocycles. The molecule has 90 valence electrons. The van der Waals surface area contributed by atoms with Crippen LogP contribution in [0.3, 0.4) is 0 Å². The topological polar surface area (TPSA) is 12.5 Å². The lowest BCUT2D eigenvalue weighted by Gasteiger charge is -2.26. The zero-order valence-electron chi connectivity index (χ0n) is 10.3. The van der Waals surface area contributed by atoms with Crippen molar-refractivity contribution in [3.05, 3.63) is 0 Å². The van der Waals surface area contributed by atoms with Gasteiger partial charge in [-0.15, -0.1) is 0 Å². The van der Waals surface area contributed by atoms with E-state index in [2.05, 4.69) is 41.6 Å². The average molecular weight is 278 g/mol. The molecule has 0 bridgehead atoms. The number of ether oxygens (including phenoxy) is 1. The summed E-state index contributed by atoms with van der Waals surface area (Å²) in [6, 6.07) is 0. The van der Waals surface area contributed by atoms with E-state index in [9.17, 15) is 0 Å². The van der Waals surface area contributed by atoms with E-state index < -0.39 is 0 Å². The summed E-state index contributed by atoms with van der Waals surface area (Å²) in [6.07, 6.45) is 4.09. The van der Waals surface area contributed by atoms with Crippen LogP contribution in [0.5, 0.6) is 0 Å². The molecule has 15 heavy (non-hydrogen) atoms. The molecule has 0 aromatic heterocycles. The van der Waals surface area contributed by atoms with Crippen LogP contribution in [-0.2, 0) is 4.74 Å². The van der Waals surface area contributed by atoms with Crippen molar-refractivity contribution in [3.63, 3.8) is 0 Å². The second-order valence-corrected chi connectivity index (χ2v) is 5.82. The molecule has 1 fully saturated rings. The second-order valence-electron chi connectivity index (χ2n) is 5.03. The predicted molar refractivity (Wildman–Crippen MR) is 68.7 cm³/mol. The Morgan fingerprint density at radius 2 is 2.13 bits per heavy atom. The van der Waals surface area contributed by atoms with Gasteiger partial charge in [-0.05, 0) is 39.7 Å². The van der Waals surface area contributed by atoms with Gasteiger partial charge in [-0.25, -0.2) is 0 Å². The van der Waals surface area contributed by atoms with Crippen LogP contribution in [-0.4, -0.2) is 41.6 Å². The van der Waals surface area contributed by atoms with E-state index in [1.807, 2.05) is 0 Å². The molecule has 0 aromatic carbocycles. The lowest BCUT2D eigenvalue weighted by Crippen LogP contribution is -2.35. The van der Waals surface area contributed by atoms with E-state index in [4.69, 9.17) is 4.74 Å². The minimum absolute atomic E-state index is 0.108. The molecule has 1 unspecified atom stereocenters. The van der Waals surface area contributed by atoms with Crippen LogP contribution in [0.4, 0.5) is 0 Å². The molecule has 0 spiro atoms. The van der Waals surface area contributed by atoms with Gasteiger partial charge in [-0.1, -0.05) is 22.9 Å². The van der Waals surface area contributed by atoms with E-state index >= 15 is 0 Å². The van der Waals surface area contributed by atoms with Gasteiger partial charge in [0.2, 0.25) is 0 Å². The van der Waals surface area contributed by atoms with Gasteiger partial charge >= 0.3 is 0 Å². The number of halogens is 1. The van der Waals surface area contributed by atoms with E-state index in [0.29, 0.717) is 6.10 Å². The largest absolute Gasteiger partial charge is 0.371 e. The van der Waals surface area contributed by atoms with Crippen molar-refractivity contribution < 1.29 is 4.74 Å². The van der Waals surface area contributed by atoms with Gasteiger partial charge in [0.1, 0.15) is 0 Å². The Kier molecular flexibility index (Phi) is 5.58. The Labute approximate surface area is 102 Å². The Balaban J connectivity index is 2.32. The molecular formula is C12H24BrNO. The molecule has 0 N–H and O–H groups in total. The number of nitrogens with zero attached hydrogens (tertiary/aromatic N) is 1. The number of alkyl halides is 1. The molecule has 0 aliphatic carbocycles. The van der Waals surface area contributed by atoms with Gasteiger partial charge in [0.15, 0.2) is 0 Å². The third kappa shape index (κ3) is 4.83. The maximum atomic E-state index is 6.01. The van der Waals surface area contributed by atoms with Gasteiger partial charge in [-0.2, -0.15) is 0 Å². The third-order valence-corrected chi connectivity index (χ3v) is 3.31. The number of rotatable bonds is 6.